The molecule has 1 unspecified atom stereocenters. The van der Waals surface area contributed by atoms with Gasteiger partial charge in [0, 0.05) is 19.6 Å². The Kier molecular flexibility index (Phi) is 9.55. The van der Waals surface area contributed by atoms with Crippen LogP contribution in [0.4, 0.5) is 4.39 Å². The van der Waals surface area contributed by atoms with Gasteiger partial charge in [0.2, 0.25) is 0 Å². The number of rotatable bonds is 5. The summed E-state index contributed by atoms with van der Waals surface area (Å²) in [5.74, 6) is 0.616. The Bertz CT molecular complexity index is 396. The molecule has 19 heavy (non-hydrogen) atoms. The van der Waals surface area contributed by atoms with Gasteiger partial charge in [-0.2, -0.15) is 0 Å². The molecule has 1 aromatic rings. The summed E-state index contributed by atoms with van der Waals surface area (Å²) in [6.07, 6.45) is 1.68. The van der Waals surface area contributed by atoms with Gasteiger partial charge in [0.1, 0.15) is 5.82 Å². The third kappa shape index (κ3) is 6.75. The van der Waals surface area contributed by atoms with Crippen molar-refractivity contribution in [3.05, 3.63) is 35.6 Å². The van der Waals surface area contributed by atoms with E-state index in [1.54, 1.807) is 13.1 Å². The summed E-state index contributed by atoms with van der Waals surface area (Å²) in [6.45, 7) is 4.88. The molecule has 0 saturated heterocycles. The Hall–Kier alpha value is -0.850. The van der Waals surface area contributed by atoms with E-state index in [0.29, 0.717) is 19.0 Å². The minimum atomic E-state index is -0.149. The molecule has 0 bridgehead atoms. The van der Waals surface area contributed by atoms with Crippen molar-refractivity contribution in [1.29, 1.82) is 0 Å². The second-order valence-corrected chi connectivity index (χ2v) is 4.29. The normalized spacial score (nSPS) is 12.5. The smallest absolute Gasteiger partial charge is 0.191 e. The Balaban J connectivity index is 0.00000324. The van der Waals surface area contributed by atoms with Crippen molar-refractivity contribution >= 4 is 29.9 Å². The van der Waals surface area contributed by atoms with Crippen molar-refractivity contribution in [2.75, 3.05) is 13.6 Å². The van der Waals surface area contributed by atoms with E-state index in [-0.39, 0.29) is 29.8 Å². The molecule has 0 fully saturated rings. The van der Waals surface area contributed by atoms with Crippen LogP contribution >= 0.6 is 24.0 Å². The molecule has 0 aromatic heterocycles. The predicted octanol–water partition coefficient (Wildman–Crippen LogP) is 2.95. The highest BCUT2D eigenvalue weighted by molar-refractivity contribution is 14.0. The van der Waals surface area contributed by atoms with Gasteiger partial charge in [0.25, 0.3) is 0 Å². The lowest BCUT2D eigenvalue weighted by Crippen LogP contribution is -2.42. The van der Waals surface area contributed by atoms with Gasteiger partial charge in [-0.3, -0.25) is 4.99 Å². The van der Waals surface area contributed by atoms with Crippen LogP contribution in [0.2, 0.25) is 0 Å². The number of nitrogens with zero attached hydrogens (tertiary/aromatic N) is 1. The highest BCUT2D eigenvalue weighted by Gasteiger charge is 2.03. The molecule has 0 aliphatic carbocycles. The summed E-state index contributed by atoms with van der Waals surface area (Å²) in [4.78, 5) is 4.13. The molecular weight excluding hydrogens is 356 g/mol. The van der Waals surface area contributed by atoms with Crippen molar-refractivity contribution in [2.24, 2.45) is 4.99 Å². The van der Waals surface area contributed by atoms with E-state index in [2.05, 4.69) is 29.5 Å². The molecule has 0 aliphatic rings. The fourth-order valence-electron chi connectivity index (χ4n) is 1.55. The van der Waals surface area contributed by atoms with Crippen LogP contribution < -0.4 is 10.6 Å². The van der Waals surface area contributed by atoms with E-state index in [1.807, 2.05) is 12.1 Å². The molecular formula is C14H23FIN3. The van der Waals surface area contributed by atoms with Crippen LogP contribution in [0.1, 0.15) is 25.8 Å². The van der Waals surface area contributed by atoms with Gasteiger partial charge in [-0.15, -0.1) is 24.0 Å². The summed E-state index contributed by atoms with van der Waals surface area (Å²) >= 11 is 0. The summed E-state index contributed by atoms with van der Waals surface area (Å²) in [6, 6.07) is 7.23. The fraction of sp³-hybridized carbons (Fsp3) is 0.500. The topological polar surface area (TPSA) is 36.4 Å². The minimum Gasteiger partial charge on any atom is -0.356 e. The van der Waals surface area contributed by atoms with Crippen LogP contribution in [0.5, 0.6) is 0 Å². The maximum absolute atomic E-state index is 13.4. The molecule has 2 N–H and O–H groups in total. The second-order valence-electron chi connectivity index (χ2n) is 4.29. The van der Waals surface area contributed by atoms with E-state index in [1.165, 1.54) is 6.07 Å². The molecule has 1 rings (SSSR count). The summed E-state index contributed by atoms with van der Waals surface area (Å²) < 4.78 is 13.4. The van der Waals surface area contributed by atoms with E-state index in [4.69, 9.17) is 0 Å². The molecule has 0 amide bonds. The number of hydrogen-bond donors (Lipinski definition) is 2. The Morgan fingerprint density at radius 1 is 1.37 bits per heavy atom. The molecule has 5 heteroatoms. The third-order valence-corrected chi connectivity index (χ3v) is 2.86. The van der Waals surface area contributed by atoms with E-state index < -0.39 is 0 Å². The zero-order valence-corrected chi connectivity index (χ0v) is 14.1. The monoisotopic (exact) mass is 379 g/mol. The standard InChI is InChI=1S/C14H22FN3.HI/c1-4-11(2)18-14(16-3)17-10-9-12-7-5-6-8-13(12)15;/h5-8,11H,4,9-10H2,1-3H3,(H2,16,17,18);1H. The van der Waals surface area contributed by atoms with Crippen LogP contribution in [0.15, 0.2) is 29.3 Å². The highest BCUT2D eigenvalue weighted by atomic mass is 127. The number of aliphatic imine (C=N–C) groups is 1. The molecule has 3 nitrogen and oxygen atoms in total. The van der Waals surface area contributed by atoms with Gasteiger partial charge in [0.05, 0.1) is 0 Å². The lowest BCUT2D eigenvalue weighted by atomic mass is 10.1. The maximum atomic E-state index is 13.4. The highest BCUT2D eigenvalue weighted by Crippen LogP contribution is 2.06. The molecule has 0 radical (unpaired) electrons. The number of benzene rings is 1. The Labute approximate surface area is 132 Å². The molecule has 1 aromatic carbocycles. The van der Waals surface area contributed by atoms with Crippen molar-refractivity contribution in [2.45, 2.75) is 32.7 Å². The van der Waals surface area contributed by atoms with Crippen molar-refractivity contribution < 1.29 is 4.39 Å². The van der Waals surface area contributed by atoms with Crippen LogP contribution in [0.25, 0.3) is 0 Å². The summed E-state index contributed by atoms with van der Waals surface area (Å²) in [5, 5.41) is 6.44. The van der Waals surface area contributed by atoms with Crippen molar-refractivity contribution in [3.8, 4) is 0 Å². The zero-order chi connectivity index (χ0) is 13.4. The maximum Gasteiger partial charge on any atom is 0.191 e. The quantitative estimate of drug-likeness (QED) is 0.469. The number of guanidine groups is 1. The van der Waals surface area contributed by atoms with Crippen molar-refractivity contribution in [1.82, 2.24) is 10.6 Å². The van der Waals surface area contributed by atoms with Crippen LogP contribution in [0, 0.1) is 5.82 Å². The first-order valence-electron chi connectivity index (χ1n) is 6.38. The number of nitrogens with one attached hydrogen (secondary N) is 2. The van der Waals surface area contributed by atoms with Crippen molar-refractivity contribution in [3.63, 3.8) is 0 Å². The van der Waals surface area contributed by atoms with Crippen LogP contribution in [-0.4, -0.2) is 25.6 Å². The second kappa shape index (κ2) is 10.00. The number of halogens is 2. The molecule has 1 atom stereocenters. The lowest BCUT2D eigenvalue weighted by molar-refractivity contribution is 0.602. The molecule has 0 heterocycles. The SMILES string of the molecule is CCC(C)NC(=NC)NCCc1ccccc1F.I. The zero-order valence-electron chi connectivity index (χ0n) is 11.7. The van der Waals surface area contributed by atoms with Crippen LogP contribution in [0.3, 0.4) is 0 Å². The van der Waals surface area contributed by atoms with Gasteiger partial charge >= 0.3 is 0 Å². The first-order valence-corrected chi connectivity index (χ1v) is 6.38. The average molecular weight is 379 g/mol. The fourth-order valence-corrected chi connectivity index (χ4v) is 1.55. The van der Waals surface area contributed by atoms with Gasteiger partial charge in [-0.25, -0.2) is 4.39 Å². The van der Waals surface area contributed by atoms with Gasteiger partial charge in [-0.1, -0.05) is 25.1 Å². The Morgan fingerprint density at radius 2 is 2.05 bits per heavy atom. The third-order valence-electron chi connectivity index (χ3n) is 2.86. The lowest BCUT2D eigenvalue weighted by Gasteiger charge is -2.16. The molecule has 0 saturated carbocycles. The van der Waals surface area contributed by atoms with Gasteiger partial charge < -0.3 is 10.6 Å². The van der Waals surface area contributed by atoms with E-state index in [0.717, 1.165) is 17.9 Å². The largest absolute Gasteiger partial charge is 0.356 e. The Morgan fingerprint density at radius 3 is 2.63 bits per heavy atom. The molecule has 0 aliphatic heterocycles. The molecule has 0 spiro atoms. The average Bonchev–Trinajstić information content (AvgIpc) is 2.39. The number of hydrogen-bond acceptors (Lipinski definition) is 1. The summed E-state index contributed by atoms with van der Waals surface area (Å²) in [7, 11) is 1.74. The van der Waals surface area contributed by atoms with Gasteiger partial charge in [-0.05, 0) is 31.4 Å². The summed E-state index contributed by atoms with van der Waals surface area (Å²) in [5.41, 5.74) is 0.726. The van der Waals surface area contributed by atoms with Gasteiger partial charge in [0.15, 0.2) is 5.96 Å². The first kappa shape index (κ1) is 18.1. The predicted molar refractivity (Wildman–Crippen MR) is 89.8 cm³/mol. The molecule has 108 valence electrons. The minimum absolute atomic E-state index is 0. The van der Waals surface area contributed by atoms with Crippen LogP contribution in [-0.2, 0) is 6.42 Å². The van der Waals surface area contributed by atoms with E-state index in [9.17, 15) is 4.39 Å². The van der Waals surface area contributed by atoms with E-state index >= 15 is 0 Å². The first-order chi connectivity index (χ1) is 8.67.